The first kappa shape index (κ1) is 13.7. The summed E-state index contributed by atoms with van der Waals surface area (Å²) in [7, 11) is -1.32. The Bertz CT molecular complexity index is 637. The van der Waals surface area contributed by atoms with Gasteiger partial charge in [-0.05, 0) is 38.0 Å². The highest BCUT2D eigenvalue weighted by molar-refractivity contribution is 7.85. The molecule has 0 heterocycles. The van der Waals surface area contributed by atoms with Crippen LogP contribution < -0.4 is 0 Å². The van der Waals surface area contributed by atoms with Crippen molar-refractivity contribution in [2.45, 2.75) is 30.6 Å². The first-order valence-electron chi connectivity index (χ1n) is 6.08. The maximum absolute atomic E-state index is 12.7. The second-order valence-corrected chi connectivity index (χ2v) is 6.04. The van der Waals surface area contributed by atoms with Crippen LogP contribution in [0.15, 0.2) is 46.2 Å². The zero-order valence-corrected chi connectivity index (χ0v) is 12.1. The number of carbonyl (C=O) groups excluding carboxylic acids is 1. The van der Waals surface area contributed by atoms with Gasteiger partial charge in [0.1, 0.15) is 0 Å². The van der Waals surface area contributed by atoms with Crippen LogP contribution >= 0.6 is 0 Å². The van der Waals surface area contributed by atoms with Crippen LogP contribution in [0.5, 0.6) is 0 Å². The minimum Gasteiger partial charge on any atom is -0.298 e. The number of rotatable bonds is 3. The predicted octanol–water partition coefficient (Wildman–Crippen LogP) is 3.59. The van der Waals surface area contributed by atoms with Gasteiger partial charge in [0, 0.05) is 10.5 Å². The third-order valence-corrected chi connectivity index (χ3v) is 4.82. The Balaban J connectivity index is 2.60. The van der Waals surface area contributed by atoms with Crippen molar-refractivity contribution in [3.63, 3.8) is 0 Å². The predicted molar refractivity (Wildman–Crippen MR) is 77.2 cm³/mol. The summed E-state index contributed by atoms with van der Waals surface area (Å²) in [6, 6.07) is 11.1. The number of carbonyl (C=O) groups is 1. The number of aldehydes is 1. The van der Waals surface area contributed by atoms with E-state index in [-0.39, 0.29) is 0 Å². The molecule has 3 heteroatoms. The summed E-state index contributed by atoms with van der Waals surface area (Å²) in [5, 5.41) is 0. The Kier molecular flexibility index (Phi) is 3.96. The molecular formula is C16H16O2S. The number of hydrogen-bond acceptors (Lipinski definition) is 2. The first-order valence-corrected chi connectivity index (χ1v) is 7.23. The molecule has 1 atom stereocenters. The van der Waals surface area contributed by atoms with E-state index >= 15 is 0 Å². The van der Waals surface area contributed by atoms with Crippen LogP contribution in [0.25, 0.3) is 0 Å². The van der Waals surface area contributed by atoms with Crippen molar-refractivity contribution >= 4 is 17.1 Å². The van der Waals surface area contributed by atoms with E-state index in [2.05, 4.69) is 0 Å². The molecule has 0 bridgehead atoms. The van der Waals surface area contributed by atoms with Crippen molar-refractivity contribution in [1.29, 1.82) is 0 Å². The smallest absolute Gasteiger partial charge is 0.151 e. The summed E-state index contributed by atoms with van der Waals surface area (Å²) in [5.74, 6) is 0. The van der Waals surface area contributed by atoms with Crippen LogP contribution in [0.2, 0.25) is 0 Å². The Labute approximate surface area is 115 Å². The molecule has 0 aromatic heterocycles. The third kappa shape index (κ3) is 2.66. The van der Waals surface area contributed by atoms with Gasteiger partial charge in [0.15, 0.2) is 6.29 Å². The maximum Gasteiger partial charge on any atom is 0.151 e. The second-order valence-electron chi connectivity index (χ2n) is 4.65. The average molecular weight is 272 g/mol. The van der Waals surface area contributed by atoms with Gasteiger partial charge in [-0.2, -0.15) is 0 Å². The number of aryl methyl sites for hydroxylation is 3. The molecule has 2 rings (SSSR count). The highest BCUT2D eigenvalue weighted by Crippen LogP contribution is 2.26. The molecule has 0 spiro atoms. The van der Waals surface area contributed by atoms with E-state index < -0.39 is 10.8 Å². The third-order valence-electron chi connectivity index (χ3n) is 3.04. The zero-order valence-electron chi connectivity index (χ0n) is 11.3. The van der Waals surface area contributed by atoms with Crippen LogP contribution in [-0.4, -0.2) is 10.5 Å². The molecule has 0 amide bonds. The first-order chi connectivity index (χ1) is 9.04. The fourth-order valence-corrected chi connectivity index (χ4v) is 3.77. The highest BCUT2D eigenvalue weighted by atomic mass is 32.2. The minimum absolute atomic E-state index is 0.486. The Morgan fingerprint density at radius 3 is 2.16 bits per heavy atom. The normalized spacial score (nSPS) is 12.2. The van der Waals surface area contributed by atoms with Crippen LogP contribution in [0.1, 0.15) is 27.0 Å². The monoisotopic (exact) mass is 272 g/mol. The lowest BCUT2D eigenvalue weighted by atomic mass is 10.1. The molecule has 1 unspecified atom stereocenters. The molecular weight excluding hydrogens is 256 g/mol. The largest absolute Gasteiger partial charge is 0.298 e. The zero-order chi connectivity index (χ0) is 14.0. The van der Waals surface area contributed by atoms with Crippen molar-refractivity contribution in [2.24, 2.45) is 0 Å². The highest BCUT2D eigenvalue weighted by Gasteiger charge is 2.16. The quantitative estimate of drug-likeness (QED) is 0.800. The van der Waals surface area contributed by atoms with Gasteiger partial charge >= 0.3 is 0 Å². The molecule has 0 saturated heterocycles. The van der Waals surface area contributed by atoms with Crippen LogP contribution in [-0.2, 0) is 10.8 Å². The summed E-state index contributed by atoms with van der Waals surface area (Å²) >= 11 is 0. The lowest BCUT2D eigenvalue weighted by Crippen LogP contribution is -2.02. The van der Waals surface area contributed by atoms with Crippen molar-refractivity contribution in [1.82, 2.24) is 0 Å². The van der Waals surface area contributed by atoms with E-state index in [1.165, 1.54) is 0 Å². The minimum atomic E-state index is -1.32. The summed E-state index contributed by atoms with van der Waals surface area (Å²) in [6.07, 6.45) is 0.756. The average Bonchev–Trinajstić information content (AvgIpc) is 2.37. The maximum atomic E-state index is 12.7. The fourth-order valence-electron chi connectivity index (χ4n) is 2.32. The second kappa shape index (κ2) is 5.49. The molecule has 2 aromatic carbocycles. The summed E-state index contributed by atoms with van der Waals surface area (Å²) < 4.78 is 12.7. The summed E-state index contributed by atoms with van der Waals surface area (Å²) in [6.45, 7) is 5.93. The molecule has 2 aromatic rings. The molecule has 2 nitrogen and oxygen atoms in total. The van der Waals surface area contributed by atoms with E-state index in [0.29, 0.717) is 10.5 Å². The molecule has 19 heavy (non-hydrogen) atoms. The molecule has 98 valence electrons. The molecule has 0 radical (unpaired) electrons. The van der Waals surface area contributed by atoms with Gasteiger partial charge in [-0.25, -0.2) is 4.21 Å². The Hall–Kier alpha value is -1.74. The van der Waals surface area contributed by atoms with E-state index in [0.717, 1.165) is 27.9 Å². The summed E-state index contributed by atoms with van der Waals surface area (Å²) in [5.41, 5.74) is 3.63. The SMILES string of the molecule is Cc1cc(C)c(S(=O)c2ccccc2C=O)c(C)c1. The van der Waals surface area contributed by atoms with Crippen LogP contribution in [0.3, 0.4) is 0 Å². The number of benzene rings is 2. The lowest BCUT2D eigenvalue weighted by molar-refractivity contribution is 0.112. The van der Waals surface area contributed by atoms with Crippen molar-refractivity contribution < 1.29 is 9.00 Å². The fraction of sp³-hybridized carbons (Fsp3) is 0.188. The van der Waals surface area contributed by atoms with Crippen LogP contribution in [0.4, 0.5) is 0 Å². The van der Waals surface area contributed by atoms with Crippen molar-refractivity contribution in [2.75, 3.05) is 0 Å². The summed E-state index contributed by atoms with van der Waals surface area (Å²) in [4.78, 5) is 12.4. The molecule has 0 aliphatic heterocycles. The van der Waals surface area contributed by atoms with E-state index in [4.69, 9.17) is 0 Å². The van der Waals surface area contributed by atoms with Crippen molar-refractivity contribution in [3.05, 3.63) is 58.7 Å². The molecule has 0 fully saturated rings. The van der Waals surface area contributed by atoms with Gasteiger partial charge in [-0.15, -0.1) is 0 Å². The topological polar surface area (TPSA) is 34.1 Å². The van der Waals surface area contributed by atoms with E-state index in [1.54, 1.807) is 24.3 Å². The van der Waals surface area contributed by atoms with Gasteiger partial charge in [0.05, 0.1) is 15.7 Å². The molecule has 0 saturated carbocycles. The van der Waals surface area contributed by atoms with Gasteiger partial charge < -0.3 is 0 Å². The molecule has 0 aliphatic rings. The van der Waals surface area contributed by atoms with Gasteiger partial charge in [0.2, 0.25) is 0 Å². The standard InChI is InChI=1S/C16H16O2S/c1-11-8-12(2)16(13(3)9-11)19(18)15-7-5-4-6-14(15)10-17/h4-10H,1-3H3. The number of hydrogen-bond donors (Lipinski definition) is 0. The Morgan fingerprint density at radius 1 is 1.00 bits per heavy atom. The van der Waals surface area contributed by atoms with Crippen LogP contribution in [0, 0.1) is 20.8 Å². The van der Waals surface area contributed by atoms with Crippen molar-refractivity contribution in [3.8, 4) is 0 Å². The van der Waals surface area contributed by atoms with E-state index in [9.17, 15) is 9.00 Å². The molecule has 0 N–H and O–H groups in total. The Morgan fingerprint density at radius 2 is 1.58 bits per heavy atom. The van der Waals surface area contributed by atoms with Gasteiger partial charge in [-0.3, -0.25) is 4.79 Å². The van der Waals surface area contributed by atoms with Gasteiger partial charge in [0.25, 0.3) is 0 Å². The van der Waals surface area contributed by atoms with E-state index in [1.807, 2.05) is 32.9 Å². The lowest BCUT2D eigenvalue weighted by Gasteiger charge is -2.12. The van der Waals surface area contributed by atoms with Gasteiger partial charge in [-0.1, -0.05) is 35.9 Å². The molecule has 0 aliphatic carbocycles.